The molecule has 1 aromatic carbocycles. The number of rotatable bonds is 5. The average molecular weight is 359 g/mol. The minimum atomic E-state index is -1.12. The maximum absolute atomic E-state index is 12.6. The van der Waals surface area contributed by atoms with Gasteiger partial charge in [0, 0.05) is 11.6 Å². The van der Waals surface area contributed by atoms with Gasteiger partial charge in [-0.15, -0.1) is 0 Å². The van der Waals surface area contributed by atoms with E-state index in [-0.39, 0.29) is 5.75 Å². The Labute approximate surface area is 145 Å². The molecule has 2 aromatic heterocycles. The number of carboxylic acids is 1. The third-order valence-corrected chi connectivity index (χ3v) is 5.66. The lowest BCUT2D eigenvalue weighted by Crippen LogP contribution is -2.26. The Morgan fingerprint density at radius 1 is 1.24 bits per heavy atom. The number of methoxy groups -OCH3 is 1. The Bertz CT molecular complexity index is 950. The highest BCUT2D eigenvalue weighted by molar-refractivity contribution is 7.58. The summed E-state index contributed by atoms with van der Waals surface area (Å²) in [6.45, 7) is -0.472. The maximum Gasteiger partial charge on any atom is 0.457 e. The average Bonchev–Trinajstić information content (AvgIpc) is 3.00. The largest absolute Gasteiger partial charge is 0.505 e. The molecule has 0 saturated heterocycles. The van der Waals surface area contributed by atoms with E-state index in [0.29, 0.717) is 20.7 Å². The highest BCUT2D eigenvalue weighted by atomic mass is 32.2. The molecule has 0 aliphatic carbocycles. The number of nitrogens with zero attached hydrogens (tertiary/aromatic N) is 1. The molecule has 3 aromatic rings. The molecule has 0 aliphatic heterocycles. The molecule has 128 valence electrons. The lowest BCUT2D eigenvalue weighted by atomic mass is 10.1. The minimum Gasteiger partial charge on any atom is -0.505 e. The molecule has 0 bridgehead atoms. The van der Waals surface area contributed by atoms with Gasteiger partial charge in [-0.2, -0.15) is 0 Å². The molecule has 0 spiro atoms. The van der Waals surface area contributed by atoms with Crippen molar-refractivity contribution in [1.29, 1.82) is 0 Å². The summed E-state index contributed by atoms with van der Waals surface area (Å²) in [5.74, 6) is -0.468. The molecule has 8 heteroatoms. The third kappa shape index (κ3) is 3.24. The zero-order chi connectivity index (χ0) is 18.0. The molecule has 0 fully saturated rings. The molecule has 3 rings (SSSR count). The zero-order valence-electron chi connectivity index (χ0n) is 13.2. The first-order chi connectivity index (χ1) is 12.0. The number of ether oxygens (including phenoxy) is 1. The van der Waals surface area contributed by atoms with Gasteiger partial charge >= 0.3 is 11.2 Å². The van der Waals surface area contributed by atoms with E-state index >= 15 is 0 Å². The number of carboxylic acid groups (broad SMARTS) is 1. The van der Waals surface area contributed by atoms with Crippen LogP contribution in [0.5, 0.6) is 11.5 Å². The van der Waals surface area contributed by atoms with Crippen molar-refractivity contribution >= 4 is 31.8 Å². The maximum atomic E-state index is 12.6. The van der Waals surface area contributed by atoms with E-state index in [0.717, 1.165) is 5.56 Å². The molecule has 0 radical (unpaired) electrons. The predicted octanol–water partition coefficient (Wildman–Crippen LogP) is 3.01. The fourth-order valence-electron chi connectivity index (χ4n) is 2.43. The van der Waals surface area contributed by atoms with Crippen LogP contribution in [0.15, 0.2) is 42.7 Å². The summed E-state index contributed by atoms with van der Waals surface area (Å²) >= 11 is 0. The van der Waals surface area contributed by atoms with Crippen molar-refractivity contribution in [3.8, 4) is 21.9 Å². The topological polar surface area (TPSA) is 109 Å². The Kier molecular flexibility index (Phi) is 4.53. The van der Waals surface area contributed by atoms with Gasteiger partial charge in [0.1, 0.15) is 18.0 Å². The van der Waals surface area contributed by atoms with Crippen LogP contribution >= 0.6 is 10.5 Å². The number of aliphatic carboxylic acids is 1. The van der Waals surface area contributed by atoms with E-state index in [1.165, 1.54) is 12.4 Å². The van der Waals surface area contributed by atoms with Crippen LogP contribution in [0.25, 0.3) is 20.5 Å². The van der Waals surface area contributed by atoms with Crippen molar-refractivity contribution in [3.63, 3.8) is 0 Å². The first kappa shape index (κ1) is 16.7. The number of hydrogen-bond donors (Lipinski definition) is 3. The normalized spacial score (nSPS) is 11.3. The first-order valence-corrected chi connectivity index (χ1v) is 8.50. The molecule has 3 N–H and O–H groups in total. The van der Waals surface area contributed by atoms with Gasteiger partial charge in [0.25, 0.3) is 0 Å². The van der Waals surface area contributed by atoms with Gasteiger partial charge in [0.05, 0.1) is 35.4 Å². The molecule has 0 aliphatic rings. The molecule has 0 saturated carbocycles. The fraction of sp³-hybridized carbons (Fsp3) is 0.118. The molecule has 1 unspecified atom stereocenters. The fourth-order valence-corrected chi connectivity index (χ4v) is 4.44. The van der Waals surface area contributed by atoms with Crippen LogP contribution in [0.2, 0.25) is 0 Å². The first-order valence-electron chi connectivity index (χ1n) is 7.28. The van der Waals surface area contributed by atoms with Crippen LogP contribution in [-0.2, 0) is 4.79 Å². The Hall–Kier alpha value is -3.13. The van der Waals surface area contributed by atoms with Crippen LogP contribution in [0, 0.1) is 0 Å². The summed E-state index contributed by atoms with van der Waals surface area (Å²) in [5, 5.41) is 21.3. The van der Waals surface area contributed by atoms with Crippen molar-refractivity contribution < 1.29 is 24.5 Å². The number of carbonyl (C=O) groups is 2. The monoisotopic (exact) mass is 359 g/mol. The second-order valence-corrected chi connectivity index (χ2v) is 7.01. The van der Waals surface area contributed by atoms with Crippen molar-refractivity contribution in [2.75, 3.05) is 13.7 Å². The SMILES string of the molecule is COc1ccc(-c2cc3c(O)cncc3[s+]2C(=O)NCC(=O)O)cc1. The quantitative estimate of drug-likeness (QED) is 0.604. The molecular weight excluding hydrogens is 344 g/mol. The van der Waals surface area contributed by atoms with E-state index in [1.807, 2.05) is 12.1 Å². The smallest absolute Gasteiger partial charge is 0.457 e. The summed E-state index contributed by atoms with van der Waals surface area (Å²) in [7, 11) is 0.476. The zero-order valence-corrected chi connectivity index (χ0v) is 14.0. The molecule has 2 heterocycles. The summed E-state index contributed by atoms with van der Waals surface area (Å²) < 4.78 is 5.70. The van der Waals surface area contributed by atoms with Crippen LogP contribution in [0.4, 0.5) is 4.79 Å². The Morgan fingerprint density at radius 2 is 1.96 bits per heavy atom. The second-order valence-electron chi connectivity index (χ2n) is 5.15. The summed E-state index contributed by atoms with van der Waals surface area (Å²) in [4.78, 5) is 28.0. The van der Waals surface area contributed by atoms with Gasteiger partial charge in [-0.3, -0.25) is 15.1 Å². The number of benzene rings is 1. The number of fused-ring (bicyclic) bond motifs is 1. The molecule has 7 nitrogen and oxygen atoms in total. The van der Waals surface area contributed by atoms with Crippen molar-refractivity contribution in [2.45, 2.75) is 0 Å². The molecular formula is C17H15N2O5S+. The predicted molar refractivity (Wildman–Crippen MR) is 94.3 cm³/mol. The van der Waals surface area contributed by atoms with Crippen molar-refractivity contribution in [1.82, 2.24) is 10.3 Å². The third-order valence-electron chi connectivity index (χ3n) is 3.59. The Balaban J connectivity index is 2.15. The van der Waals surface area contributed by atoms with Gasteiger partial charge in [-0.05, 0) is 24.3 Å². The molecule has 1 amide bonds. The second kappa shape index (κ2) is 6.78. The summed E-state index contributed by atoms with van der Waals surface area (Å²) in [6, 6.07) is 8.90. The summed E-state index contributed by atoms with van der Waals surface area (Å²) in [6.07, 6.45) is 2.83. The number of amides is 1. The number of aromatic hydroxyl groups is 1. The Morgan fingerprint density at radius 3 is 2.60 bits per heavy atom. The van der Waals surface area contributed by atoms with Gasteiger partial charge in [-0.1, -0.05) is 0 Å². The van der Waals surface area contributed by atoms with Crippen LogP contribution in [-0.4, -0.2) is 40.1 Å². The van der Waals surface area contributed by atoms with Gasteiger partial charge in [0.2, 0.25) is 4.70 Å². The lowest BCUT2D eigenvalue weighted by molar-refractivity contribution is -0.135. The van der Waals surface area contributed by atoms with Crippen LogP contribution in [0.1, 0.15) is 0 Å². The van der Waals surface area contributed by atoms with E-state index in [4.69, 9.17) is 9.84 Å². The summed E-state index contributed by atoms with van der Waals surface area (Å²) in [5.41, 5.74) is 0.783. The number of nitrogens with one attached hydrogen (secondary N) is 1. The van der Waals surface area contributed by atoms with Crippen LogP contribution in [0.3, 0.4) is 0 Å². The minimum absolute atomic E-state index is 0.0236. The van der Waals surface area contributed by atoms with Crippen molar-refractivity contribution in [2.24, 2.45) is 0 Å². The number of aromatic nitrogens is 1. The van der Waals surface area contributed by atoms with Gasteiger partial charge in [-0.25, -0.2) is 4.79 Å². The van der Waals surface area contributed by atoms with E-state index < -0.39 is 28.2 Å². The molecule has 1 atom stereocenters. The lowest BCUT2D eigenvalue weighted by Gasteiger charge is -2.01. The molecule has 25 heavy (non-hydrogen) atoms. The number of pyridine rings is 1. The van der Waals surface area contributed by atoms with E-state index in [9.17, 15) is 14.7 Å². The van der Waals surface area contributed by atoms with E-state index in [1.54, 1.807) is 25.3 Å². The number of carbonyl (C=O) groups excluding carboxylic acids is 1. The van der Waals surface area contributed by atoms with Crippen LogP contribution < -0.4 is 10.1 Å². The van der Waals surface area contributed by atoms with Gasteiger partial charge in [0.15, 0.2) is 4.88 Å². The standard InChI is InChI=1S/C17H14N2O5S/c1-24-11-4-2-10(3-5-11)14-6-12-13(20)7-18-8-15(12)25(14)17(23)19-9-16(21)22/h2-8H,9H2,1H3,(H2-,19,20,21,22,23)/p+1. The van der Waals surface area contributed by atoms with Crippen molar-refractivity contribution in [3.05, 3.63) is 42.7 Å². The number of thiophene rings is 1. The van der Waals surface area contributed by atoms with E-state index in [2.05, 4.69) is 10.3 Å². The van der Waals surface area contributed by atoms with Gasteiger partial charge < -0.3 is 14.9 Å². The number of hydrogen-bond acceptors (Lipinski definition) is 5. The highest BCUT2D eigenvalue weighted by Crippen LogP contribution is 2.45. The highest BCUT2D eigenvalue weighted by Gasteiger charge is 2.31.